The summed E-state index contributed by atoms with van der Waals surface area (Å²) < 4.78 is 0.934. The number of nitrogens with one attached hydrogen (secondary N) is 2. The van der Waals surface area contributed by atoms with E-state index in [0.29, 0.717) is 12.2 Å². The largest absolute Gasteiger partial charge is 0.317 e. The molecule has 0 aliphatic rings. The van der Waals surface area contributed by atoms with Crippen molar-refractivity contribution in [2.45, 2.75) is 26.7 Å². The van der Waals surface area contributed by atoms with E-state index in [2.05, 4.69) is 31.5 Å². The molecule has 1 aromatic rings. The number of nitrogens with zero attached hydrogens (tertiary/aromatic N) is 1. The number of aromatic nitrogens is 1. The van der Waals surface area contributed by atoms with E-state index in [1.54, 1.807) is 6.07 Å². The van der Waals surface area contributed by atoms with E-state index in [-0.39, 0.29) is 11.0 Å². The zero-order chi connectivity index (χ0) is 12.8. The van der Waals surface area contributed by atoms with Gasteiger partial charge in [0.1, 0.15) is 5.82 Å². The lowest BCUT2D eigenvalue weighted by atomic mass is 10.3. The van der Waals surface area contributed by atoms with Gasteiger partial charge in [-0.1, -0.05) is 6.92 Å². The highest BCUT2D eigenvalue weighted by Crippen LogP contribution is 2.15. The normalized spacial score (nSPS) is 9.82. The van der Waals surface area contributed by atoms with Crippen LogP contribution >= 0.6 is 28.1 Å². The first-order valence-corrected chi connectivity index (χ1v) is 6.47. The fraction of sp³-hybridized carbons (Fsp3) is 0.364. The minimum Gasteiger partial charge on any atom is -0.317 e. The molecule has 4 nitrogen and oxygen atoms in total. The van der Waals surface area contributed by atoms with Gasteiger partial charge in [0.05, 0.1) is 5.69 Å². The summed E-state index contributed by atoms with van der Waals surface area (Å²) in [7, 11) is 0. The number of aryl methyl sites for hydroxylation is 1. The Morgan fingerprint density at radius 1 is 1.53 bits per heavy atom. The summed E-state index contributed by atoms with van der Waals surface area (Å²) in [6.07, 6.45) is 1.26. The molecule has 0 atom stereocenters. The van der Waals surface area contributed by atoms with Crippen LogP contribution in [-0.2, 0) is 4.79 Å². The molecule has 0 aliphatic heterocycles. The number of hydrogen-bond acceptors (Lipinski definition) is 3. The Morgan fingerprint density at radius 3 is 2.82 bits per heavy atom. The average molecular weight is 316 g/mol. The Bertz CT molecular complexity index is 437. The molecule has 1 aromatic heterocycles. The minimum atomic E-state index is -0.0844. The van der Waals surface area contributed by atoms with Gasteiger partial charge in [-0.3, -0.25) is 4.79 Å². The maximum absolute atomic E-state index is 11.3. The second-order valence-corrected chi connectivity index (χ2v) is 4.78. The van der Waals surface area contributed by atoms with Crippen LogP contribution in [0.5, 0.6) is 0 Å². The van der Waals surface area contributed by atoms with Crippen molar-refractivity contribution in [3.8, 4) is 0 Å². The third kappa shape index (κ3) is 4.79. The number of pyridine rings is 1. The molecular formula is C11H14BrN3OS. The highest BCUT2D eigenvalue weighted by atomic mass is 79.9. The van der Waals surface area contributed by atoms with Crippen LogP contribution in [0.3, 0.4) is 0 Å². The Balaban J connectivity index is 2.56. The molecule has 0 aliphatic carbocycles. The molecule has 0 aromatic carbocycles. The average Bonchev–Trinajstić information content (AvgIpc) is 2.23. The molecule has 1 amide bonds. The van der Waals surface area contributed by atoms with Crippen LogP contribution in [0.2, 0.25) is 0 Å². The van der Waals surface area contributed by atoms with E-state index in [1.807, 2.05) is 19.9 Å². The van der Waals surface area contributed by atoms with Gasteiger partial charge in [-0.15, -0.1) is 0 Å². The number of thiocarbonyl (C=S) groups is 1. The van der Waals surface area contributed by atoms with Crippen molar-refractivity contribution in [1.82, 2.24) is 10.3 Å². The Hall–Kier alpha value is -1.01. The van der Waals surface area contributed by atoms with Gasteiger partial charge in [-0.05, 0) is 53.6 Å². The molecule has 0 saturated carbocycles. The third-order valence-corrected chi connectivity index (χ3v) is 3.04. The molecule has 92 valence electrons. The standard InChI is InChI=1S/C11H14BrN3OS/c1-3-4-10(16)15-11(17)14-9-6-5-8(12)7(2)13-9/h5-6H,3-4H2,1-2H3,(H2,13,14,15,16,17). The highest BCUT2D eigenvalue weighted by Gasteiger charge is 2.05. The summed E-state index contributed by atoms with van der Waals surface area (Å²) in [5.74, 6) is 0.534. The minimum absolute atomic E-state index is 0.0844. The summed E-state index contributed by atoms with van der Waals surface area (Å²) in [4.78, 5) is 15.6. The van der Waals surface area contributed by atoms with Crippen LogP contribution in [0.15, 0.2) is 16.6 Å². The van der Waals surface area contributed by atoms with Gasteiger partial charge in [-0.25, -0.2) is 4.98 Å². The molecule has 0 bridgehead atoms. The van der Waals surface area contributed by atoms with Gasteiger partial charge in [-0.2, -0.15) is 0 Å². The van der Waals surface area contributed by atoms with Crippen LogP contribution in [0.25, 0.3) is 0 Å². The van der Waals surface area contributed by atoms with Crippen LogP contribution in [-0.4, -0.2) is 16.0 Å². The van der Waals surface area contributed by atoms with Crippen molar-refractivity contribution < 1.29 is 4.79 Å². The van der Waals surface area contributed by atoms with E-state index in [4.69, 9.17) is 12.2 Å². The van der Waals surface area contributed by atoms with Crippen LogP contribution in [0.1, 0.15) is 25.5 Å². The number of carbonyl (C=O) groups excluding carboxylic acids is 1. The number of hydrogen-bond donors (Lipinski definition) is 2. The first kappa shape index (κ1) is 14.1. The van der Waals surface area contributed by atoms with Crippen molar-refractivity contribution in [2.75, 3.05) is 5.32 Å². The van der Waals surface area contributed by atoms with Gasteiger partial charge < -0.3 is 10.6 Å². The summed E-state index contributed by atoms with van der Waals surface area (Å²) in [6.45, 7) is 3.82. The van der Waals surface area contributed by atoms with Crippen LogP contribution < -0.4 is 10.6 Å². The Kier molecular flexibility index (Phi) is 5.50. The van der Waals surface area contributed by atoms with Gasteiger partial charge in [0.25, 0.3) is 0 Å². The van der Waals surface area contributed by atoms with Crippen LogP contribution in [0, 0.1) is 6.92 Å². The first-order chi connectivity index (χ1) is 8.02. The Morgan fingerprint density at radius 2 is 2.24 bits per heavy atom. The fourth-order valence-electron chi connectivity index (χ4n) is 1.18. The van der Waals surface area contributed by atoms with Crippen molar-refractivity contribution in [1.29, 1.82) is 0 Å². The number of halogens is 1. The second-order valence-electron chi connectivity index (χ2n) is 3.52. The predicted molar refractivity (Wildman–Crippen MR) is 75.9 cm³/mol. The van der Waals surface area contributed by atoms with E-state index in [9.17, 15) is 4.79 Å². The molecule has 1 rings (SSSR count). The first-order valence-electron chi connectivity index (χ1n) is 5.27. The number of anilines is 1. The maximum Gasteiger partial charge on any atom is 0.226 e. The van der Waals surface area contributed by atoms with E-state index in [0.717, 1.165) is 16.6 Å². The van der Waals surface area contributed by atoms with Gasteiger partial charge in [0.2, 0.25) is 5.91 Å². The summed E-state index contributed by atoms with van der Waals surface area (Å²) in [5.41, 5.74) is 0.859. The molecule has 0 saturated heterocycles. The molecule has 0 spiro atoms. The molecule has 17 heavy (non-hydrogen) atoms. The molecule has 2 N–H and O–H groups in total. The lowest BCUT2D eigenvalue weighted by Gasteiger charge is -2.09. The SMILES string of the molecule is CCCC(=O)NC(=S)Nc1ccc(Br)c(C)n1. The quantitative estimate of drug-likeness (QED) is 0.842. The summed E-state index contributed by atoms with van der Waals surface area (Å²) in [6, 6.07) is 3.66. The molecule has 0 radical (unpaired) electrons. The van der Waals surface area contributed by atoms with Crippen molar-refractivity contribution in [3.63, 3.8) is 0 Å². The zero-order valence-corrected chi connectivity index (χ0v) is 12.1. The second kappa shape index (κ2) is 6.66. The maximum atomic E-state index is 11.3. The fourth-order valence-corrected chi connectivity index (χ4v) is 1.62. The van der Waals surface area contributed by atoms with Gasteiger partial charge in [0, 0.05) is 10.9 Å². The third-order valence-electron chi connectivity index (χ3n) is 1.99. The molecule has 6 heteroatoms. The van der Waals surface area contributed by atoms with Crippen molar-refractivity contribution >= 4 is 45.0 Å². The molecule has 0 fully saturated rings. The lowest BCUT2D eigenvalue weighted by Crippen LogP contribution is -2.34. The zero-order valence-electron chi connectivity index (χ0n) is 9.71. The summed E-state index contributed by atoms with van der Waals surface area (Å²) >= 11 is 8.37. The number of rotatable bonds is 3. The summed E-state index contributed by atoms with van der Waals surface area (Å²) in [5, 5.41) is 5.74. The smallest absolute Gasteiger partial charge is 0.226 e. The molecule has 1 heterocycles. The Labute approximate surface area is 114 Å². The monoisotopic (exact) mass is 315 g/mol. The van der Waals surface area contributed by atoms with Crippen molar-refractivity contribution in [3.05, 3.63) is 22.3 Å². The molecule has 0 unspecified atom stereocenters. The van der Waals surface area contributed by atoms with E-state index in [1.165, 1.54) is 0 Å². The lowest BCUT2D eigenvalue weighted by molar-refractivity contribution is -0.119. The van der Waals surface area contributed by atoms with E-state index >= 15 is 0 Å². The van der Waals surface area contributed by atoms with Gasteiger partial charge in [0.15, 0.2) is 5.11 Å². The van der Waals surface area contributed by atoms with Gasteiger partial charge >= 0.3 is 0 Å². The van der Waals surface area contributed by atoms with Crippen molar-refractivity contribution in [2.24, 2.45) is 0 Å². The number of carbonyl (C=O) groups is 1. The van der Waals surface area contributed by atoms with Crippen LogP contribution in [0.4, 0.5) is 5.82 Å². The topological polar surface area (TPSA) is 54.0 Å². The number of amides is 1. The molecular weight excluding hydrogens is 302 g/mol. The predicted octanol–water partition coefficient (Wildman–Crippen LogP) is 2.77. The highest BCUT2D eigenvalue weighted by molar-refractivity contribution is 9.10. The van der Waals surface area contributed by atoms with E-state index < -0.39 is 0 Å².